The molecule has 3 rings (SSSR count). The molecular formula is C20H20N2O4. The Morgan fingerprint density at radius 2 is 1.88 bits per heavy atom. The topological polar surface area (TPSA) is 92.4 Å². The molecule has 1 aromatic heterocycles. The molecule has 0 bridgehead atoms. The summed E-state index contributed by atoms with van der Waals surface area (Å²) in [5, 5.41) is 12.0. The standard InChI is InChI=1S/C20H20N2O4/c1-20(2,3)19-22-15-11-13(8-9-16(15)26-19)21-17(23)10-12-6-4-5-7-14(12)18(24)25/h4-9,11H,10H2,1-3H3,(H,21,23)(H,24,25). The van der Waals surface area contributed by atoms with Crippen LogP contribution in [0.1, 0.15) is 42.6 Å². The largest absolute Gasteiger partial charge is 0.478 e. The minimum atomic E-state index is -1.05. The third kappa shape index (κ3) is 3.74. The first-order valence-corrected chi connectivity index (χ1v) is 8.26. The molecule has 0 aliphatic rings. The molecule has 0 spiro atoms. The van der Waals surface area contributed by atoms with Crippen LogP contribution in [0.5, 0.6) is 0 Å². The fourth-order valence-electron chi connectivity index (χ4n) is 2.59. The van der Waals surface area contributed by atoms with Gasteiger partial charge in [-0.1, -0.05) is 39.0 Å². The van der Waals surface area contributed by atoms with Crippen molar-refractivity contribution in [3.8, 4) is 0 Å². The lowest BCUT2D eigenvalue weighted by Gasteiger charge is -2.11. The molecule has 2 N–H and O–H groups in total. The van der Waals surface area contributed by atoms with Gasteiger partial charge in [0, 0.05) is 11.1 Å². The van der Waals surface area contributed by atoms with E-state index in [9.17, 15) is 14.7 Å². The Kier molecular flexibility index (Phi) is 4.50. The molecule has 6 nitrogen and oxygen atoms in total. The highest BCUT2D eigenvalue weighted by molar-refractivity contribution is 5.97. The van der Waals surface area contributed by atoms with Gasteiger partial charge in [-0.05, 0) is 29.8 Å². The SMILES string of the molecule is CC(C)(C)c1nc2cc(NC(=O)Cc3ccccc3C(=O)O)ccc2o1. The Bertz CT molecular complexity index is 983. The Morgan fingerprint density at radius 1 is 1.15 bits per heavy atom. The monoisotopic (exact) mass is 352 g/mol. The lowest BCUT2D eigenvalue weighted by molar-refractivity contribution is -0.115. The summed E-state index contributed by atoms with van der Waals surface area (Å²) in [5.74, 6) is -0.712. The third-order valence-corrected chi connectivity index (χ3v) is 3.91. The van der Waals surface area contributed by atoms with Crippen molar-refractivity contribution < 1.29 is 19.1 Å². The van der Waals surface area contributed by atoms with E-state index in [-0.39, 0.29) is 23.3 Å². The fourth-order valence-corrected chi connectivity index (χ4v) is 2.59. The van der Waals surface area contributed by atoms with Gasteiger partial charge in [-0.25, -0.2) is 9.78 Å². The van der Waals surface area contributed by atoms with Crippen molar-refractivity contribution in [1.29, 1.82) is 0 Å². The van der Waals surface area contributed by atoms with E-state index >= 15 is 0 Å². The van der Waals surface area contributed by atoms with Crippen LogP contribution in [-0.4, -0.2) is 22.0 Å². The molecule has 3 aromatic rings. The minimum Gasteiger partial charge on any atom is -0.478 e. The second-order valence-electron chi connectivity index (χ2n) is 7.14. The highest BCUT2D eigenvalue weighted by atomic mass is 16.4. The van der Waals surface area contributed by atoms with Crippen molar-refractivity contribution in [3.63, 3.8) is 0 Å². The van der Waals surface area contributed by atoms with Gasteiger partial charge in [0.25, 0.3) is 0 Å². The van der Waals surface area contributed by atoms with E-state index in [2.05, 4.69) is 10.3 Å². The number of benzene rings is 2. The molecule has 0 unspecified atom stereocenters. The van der Waals surface area contributed by atoms with Gasteiger partial charge in [0.2, 0.25) is 11.8 Å². The number of aromatic carboxylic acids is 1. The number of nitrogens with zero attached hydrogens (tertiary/aromatic N) is 1. The summed E-state index contributed by atoms with van der Waals surface area (Å²) in [6.45, 7) is 6.04. The van der Waals surface area contributed by atoms with Crippen molar-refractivity contribution in [2.24, 2.45) is 0 Å². The number of oxazole rings is 1. The first-order chi connectivity index (χ1) is 12.2. The maximum atomic E-state index is 12.3. The third-order valence-electron chi connectivity index (χ3n) is 3.91. The molecule has 2 aromatic carbocycles. The van der Waals surface area contributed by atoms with Gasteiger partial charge in [-0.3, -0.25) is 4.79 Å². The smallest absolute Gasteiger partial charge is 0.335 e. The lowest BCUT2D eigenvalue weighted by atomic mass is 9.97. The molecule has 1 heterocycles. The molecule has 0 aliphatic carbocycles. The lowest BCUT2D eigenvalue weighted by Crippen LogP contribution is -2.16. The summed E-state index contributed by atoms with van der Waals surface area (Å²) in [4.78, 5) is 28.0. The molecule has 0 atom stereocenters. The normalized spacial score (nSPS) is 11.5. The van der Waals surface area contributed by atoms with Crippen molar-refractivity contribution in [2.45, 2.75) is 32.6 Å². The zero-order valence-electron chi connectivity index (χ0n) is 14.9. The summed E-state index contributed by atoms with van der Waals surface area (Å²) in [6.07, 6.45) is -0.0213. The van der Waals surface area contributed by atoms with Gasteiger partial charge in [-0.2, -0.15) is 0 Å². The van der Waals surface area contributed by atoms with Crippen LogP contribution in [-0.2, 0) is 16.6 Å². The first-order valence-electron chi connectivity index (χ1n) is 8.26. The molecule has 26 heavy (non-hydrogen) atoms. The molecule has 6 heteroatoms. The van der Waals surface area contributed by atoms with Crippen LogP contribution >= 0.6 is 0 Å². The van der Waals surface area contributed by atoms with Crippen LogP contribution in [0.2, 0.25) is 0 Å². The number of fused-ring (bicyclic) bond motifs is 1. The number of rotatable bonds is 4. The molecule has 0 saturated carbocycles. The maximum absolute atomic E-state index is 12.3. The number of nitrogens with one attached hydrogen (secondary N) is 1. The van der Waals surface area contributed by atoms with Crippen LogP contribution in [0.25, 0.3) is 11.1 Å². The van der Waals surface area contributed by atoms with Gasteiger partial charge in [0.1, 0.15) is 5.52 Å². The number of hydrogen-bond acceptors (Lipinski definition) is 4. The molecule has 0 saturated heterocycles. The Labute approximate surface area is 150 Å². The number of carboxylic acids is 1. The number of amides is 1. The molecule has 134 valence electrons. The highest BCUT2D eigenvalue weighted by Gasteiger charge is 2.21. The quantitative estimate of drug-likeness (QED) is 0.740. The van der Waals surface area contributed by atoms with E-state index in [1.807, 2.05) is 20.8 Å². The van der Waals surface area contributed by atoms with Crippen molar-refractivity contribution >= 4 is 28.7 Å². The zero-order chi connectivity index (χ0) is 18.9. The van der Waals surface area contributed by atoms with E-state index in [4.69, 9.17) is 4.42 Å². The molecule has 1 amide bonds. The van der Waals surface area contributed by atoms with Crippen molar-refractivity contribution in [2.75, 3.05) is 5.32 Å². The number of aromatic nitrogens is 1. The van der Waals surface area contributed by atoms with Gasteiger partial charge in [0.05, 0.1) is 12.0 Å². The van der Waals surface area contributed by atoms with E-state index in [1.54, 1.807) is 36.4 Å². The summed E-state index contributed by atoms with van der Waals surface area (Å²) in [7, 11) is 0. The maximum Gasteiger partial charge on any atom is 0.335 e. The predicted octanol–water partition coefficient (Wildman–Crippen LogP) is 4.00. The van der Waals surface area contributed by atoms with E-state index in [0.29, 0.717) is 28.2 Å². The molecule has 0 radical (unpaired) electrons. The summed E-state index contributed by atoms with van der Waals surface area (Å²) < 4.78 is 5.74. The number of carbonyl (C=O) groups is 2. The number of carbonyl (C=O) groups excluding carboxylic acids is 1. The van der Waals surface area contributed by atoms with Gasteiger partial charge in [0.15, 0.2) is 5.58 Å². The van der Waals surface area contributed by atoms with Crippen LogP contribution in [0.15, 0.2) is 46.9 Å². The van der Waals surface area contributed by atoms with Crippen LogP contribution < -0.4 is 5.32 Å². The van der Waals surface area contributed by atoms with Crippen molar-refractivity contribution in [1.82, 2.24) is 4.98 Å². The van der Waals surface area contributed by atoms with E-state index in [0.717, 1.165) is 0 Å². The van der Waals surface area contributed by atoms with Crippen LogP contribution in [0.4, 0.5) is 5.69 Å². The zero-order valence-corrected chi connectivity index (χ0v) is 14.9. The number of carboxylic acid groups (broad SMARTS) is 1. The number of hydrogen-bond donors (Lipinski definition) is 2. The number of anilines is 1. The Balaban J connectivity index is 1.78. The molecule has 0 fully saturated rings. The second-order valence-corrected chi connectivity index (χ2v) is 7.14. The Morgan fingerprint density at radius 3 is 2.58 bits per heavy atom. The first kappa shape index (κ1) is 17.7. The summed E-state index contributed by atoms with van der Waals surface area (Å²) in [6, 6.07) is 11.7. The summed E-state index contributed by atoms with van der Waals surface area (Å²) >= 11 is 0. The Hall–Kier alpha value is -3.15. The van der Waals surface area contributed by atoms with E-state index < -0.39 is 5.97 Å². The predicted molar refractivity (Wildman–Crippen MR) is 98.4 cm³/mol. The van der Waals surface area contributed by atoms with Gasteiger partial charge in [-0.15, -0.1) is 0 Å². The second kappa shape index (κ2) is 6.63. The van der Waals surface area contributed by atoms with Gasteiger partial charge >= 0.3 is 5.97 Å². The van der Waals surface area contributed by atoms with Crippen molar-refractivity contribution in [3.05, 3.63) is 59.5 Å². The minimum absolute atomic E-state index is 0.0213. The summed E-state index contributed by atoms with van der Waals surface area (Å²) in [5.41, 5.74) is 2.30. The molecular weight excluding hydrogens is 332 g/mol. The molecule has 0 aliphatic heterocycles. The van der Waals surface area contributed by atoms with Crippen LogP contribution in [0, 0.1) is 0 Å². The average molecular weight is 352 g/mol. The van der Waals surface area contributed by atoms with Crippen LogP contribution in [0.3, 0.4) is 0 Å². The van der Waals surface area contributed by atoms with E-state index in [1.165, 1.54) is 6.07 Å². The average Bonchev–Trinajstić information content (AvgIpc) is 2.98. The van der Waals surface area contributed by atoms with Gasteiger partial charge < -0.3 is 14.8 Å². The highest BCUT2D eigenvalue weighted by Crippen LogP contribution is 2.27. The fraction of sp³-hybridized carbons (Fsp3) is 0.250.